The molecule has 1 aliphatic rings. The van der Waals surface area contributed by atoms with E-state index in [1.165, 1.54) is 115 Å². The van der Waals surface area contributed by atoms with Crippen molar-refractivity contribution in [2.24, 2.45) is 0 Å². The second kappa shape index (κ2) is 26.5. The molecule has 0 amide bonds. The Morgan fingerprint density at radius 3 is 0.600 bits per heavy atom. The van der Waals surface area contributed by atoms with Crippen LogP contribution in [0.5, 0.6) is 0 Å². The van der Waals surface area contributed by atoms with Crippen molar-refractivity contribution < 1.29 is 0 Å². The van der Waals surface area contributed by atoms with Crippen LogP contribution in [0.1, 0.15) is 103 Å². The van der Waals surface area contributed by atoms with Crippen molar-refractivity contribution >= 4 is 76.2 Å². The van der Waals surface area contributed by atoms with E-state index in [4.69, 9.17) is 0 Å². The van der Waals surface area contributed by atoms with Crippen LogP contribution in [0.15, 0.2) is 182 Å². The van der Waals surface area contributed by atoms with Gasteiger partial charge in [0.05, 0.1) is 0 Å². The summed E-state index contributed by atoms with van der Waals surface area (Å²) in [7, 11) is -3.36. The van der Waals surface area contributed by atoms with Gasteiger partial charge in [-0.05, 0) is 101 Å². The molecular weight excluding hydrogens is 834 g/mol. The second-order valence-electron chi connectivity index (χ2n) is 16.1. The Kier molecular flexibility index (Phi) is 20.3. The Morgan fingerprint density at radius 1 is 0.183 bits per heavy atom. The molecule has 1 fully saturated rings. The first kappa shape index (κ1) is 45.9. The summed E-state index contributed by atoms with van der Waals surface area (Å²) in [6, 6.07) is 72.1. The van der Waals surface area contributed by atoms with Crippen LogP contribution < -0.4 is 31.8 Å². The van der Waals surface area contributed by atoms with Crippen LogP contribution in [0.2, 0.25) is 0 Å². The molecule has 0 aromatic heterocycles. The topological polar surface area (TPSA) is 0 Å². The molecule has 6 atom stereocenters. The summed E-state index contributed by atoms with van der Waals surface area (Å²) in [4.78, 5) is 0. The number of hydrogen-bond acceptors (Lipinski definition) is 0. The second-order valence-corrected chi connectivity index (χ2v) is 40.3. The predicted octanol–water partition coefficient (Wildman–Crippen LogP) is 16.7. The maximum atomic E-state index is 2.55. The fourth-order valence-electron chi connectivity index (χ4n) is 8.41. The van der Waals surface area contributed by atoms with E-state index in [0.29, 0.717) is 0 Å². The zero-order chi connectivity index (χ0) is 40.9. The zero-order valence-electron chi connectivity index (χ0n) is 35.7. The number of hydrogen-bond donors (Lipinski definition) is 0. The minimum Gasteiger partial charge on any atom is -0.0622 e. The molecule has 312 valence electrons. The summed E-state index contributed by atoms with van der Waals surface area (Å²) in [6.45, 7) is 0. The van der Waals surface area contributed by atoms with Crippen molar-refractivity contribution in [3.8, 4) is 0 Å². The summed E-state index contributed by atoms with van der Waals surface area (Å²) in [5.41, 5.74) is 0. The lowest BCUT2D eigenvalue weighted by molar-refractivity contribution is 0.532. The van der Waals surface area contributed by atoms with E-state index >= 15 is 0 Å². The van der Waals surface area contributed by atoms with Crippen LogP contribution in [0.4, 0.5) is 0 Å². The summed E-state index contributed by atoms with van der Waals surface area (Å²) >= 11 is 0. The lowest BCUT2D eigenvalue weighted by atomic mass is 10.0. The van der Waals surface area contributed by atoms with Crippen LogP contribution in [0, 0.1) is 0 Å². The third-order valence-electron chi connectivity index (χ3n) is 11.5. The highest BCUT2D eigenvalue weighted by atomic mass is 32.8. The zero-order valence-corrected chi connectivity index (χ0v) is 41.1. The summed E-state index contributed by atoms with van der Waals surface area (Å²) in [6.07, 6.45) is 25.0. The summed E-state index contributed by atoms with van der Waals surface area (Å²) in [5, 5.41) is 9.71. The SMILES string of the molecule is c1ccc(P2CCCCCCCCCCCCCCCCCCP(c3ccccc3)P(c3ccccc3)P(c3ccccc3)P(c3ccccc3)P2c2ccccc2)cc1. The highest BCUT2D eigenvalue weighted by Gasteiger charge is 2.44. The molecule has 6 unspecified atom stereocenters. The molecular formula is C54H66P6. The summed E-state index contributed by atoms with van der Waals surface area (Å²) in [5.74, 6) is 0. The van der Waals surface area contributed by atoms with Gasteiger partial charge in [0.15, 0.2) is 0 Å². The van der Waals surface area contributed by atoms with Crippen molar-refractivity contribution in [2.45, 2.75) is 103 Å². The van der Waals surface area contributed by atoms with E-state index in [1.54, 1.807) is 31.8 Å². The number of benzene rings is 6. The lowest BCUT2D eigenvalue weighted by Crippen LogP contribution is -2.15. The maximum absolute atomic E-state index is 2.55. The third-order valence-corrected chi connectivity index (χ3v) is 51.3. The monoisotopic (exact) mass is 900 g/mol. The van der Waals surface area contributed by atoms with E-state index in [1.807, 2.05) is 0 Å². The molecule has 0 radical (unpaired) electrons. The first-order valence-corrected chi connectivity index (χ1v) is 34.9. The molecule has 6 heteroatoms. The molecule has 1 saturated heterocycles. The van der Waals surface area contributed by atoms with E-state index < -0.39 is 44.4 Å². The quantitative estimate of drug-likeness (QED) is 0.146. The van der Waals surface area contributed by atoms with Gasteiger partial charge in [0.1, 0.15) is 0 Å². The van der Waals surface area contributed by atoms with Gasteiger partial charge in [-0.3, -0.25) is 0 Å². The maximum Gasteiger partial charge on any atom is -0.00600 e. The van der Waals surface area contributed by atoms with Crippen LogP contribution in [-0.4, -0.2) is 12.3 Å². The van der Waals surface area contributed by atoms with Crippen LogP contribution in [-0.2, 0) is 0 Å². The Bertz CT molecular complexity index is 1850. The Hall–Kier alpha value is -2.10. The first-order valence-electron chi connectivity index (χ1n) is 22.9. The average molecular weight is 901 g/mol. The van der Waals surface area contributed by atoms with Gasteiger partial charge in [0, 0.05) is 0 Å². The molecule has 0 spiro atoms. The van der Waals surface area contributed by atoms with Gasteiger partial charge in [-0.15, -0.1) is 0 Å². The molecule has 0 aliphatic carbocycles. The fourth-order valence-corrected chi connectivity index (χ4v) is 64.2. The first-order chi connectivity index (χ1) is 29.9. The highest BCUT2D eigenvalue weighted by molar-refractivity contribution is 8.96. The molecule has 0 N–H and O–H groups in total. The smallest absolute Gasteiger partial charge is 0.00600 e. The normalized spacial score (nSPS) is 23.8. The van der Waals surface area contributed by atoms with Gasteiger partial charge in [-0.1, -0.05) is 272 Å². The van der Waals surface area contributed by atoms with Crippen molar-refractivity contribution in [1.29, 1.82) is 0 Å². The predicted molar refractivity (Wildman–Crippen MR) is 282 cm³/mol. The highest BCUT2D eigenvalue weighted by Crippen LogP contribution is 3.05. The molecule has 60 heavy (non-hydrogen) atoms. The minimum absolute atomic E-state index is 0.465. The third kappa shape index (κ3) is 13.7. The van der Waals surface area contributed by atoms with E-state index in [0.717, 1.165) is 0 Å². The van der Waals surface area contributed by atoms with Crippen LogP contribution in [0.3, 0.4) is 0 Å². The van der Waals surface area contributed by atoms with Gasteiger partial charge in [0.2, 0.25) is 0 Å². The van der Waals surface area contributed by atoms with Crippen molar-refractivity contribution in [2.75, 3.05) is 12.3 Å². The lowest BCUT2D eigenvalue weighted by Gasteiger charge is -2.45. The van der Waals surface area contributed by atoms with E-state index in [2.05, 4.69) is 182 Å². The van der Waals surface area contributed by atoms with Crippen molar-refractivity contribution in [3.63, 3.8) is 0 Å². The fraction of sp³-hybridized carbons (Fsp3) is 0.333. The molecule has 7 rings (SSSR count). The van der Waals surface area contributed by atoms with Gasteiger partial charge in [-0.2, -0.15) is 0 Å². The Balaban J connectivity index is 1.43. The van der Waals surface area contributed by atoms with Crippen molar-refractivity contribution in [3.05, 3.63) is 182 Å². The molecule has 1 aliphatic heterocycles. The molecule has 6 aromatic rings. The Morgan fingerprint density at radius 2 is 0.367 bits per heavy atom. The molecule has 1 heterocycles. The number of rotatable bonds is 6. The largest absolute Gasteiger partial charge is 0.0622 e. The van der Waals surface area contributed by atoms with Crippen molar-refractivity contribution in [1.82, 2.24) is 0 Å². The standard InChI is InChI=1S/C54H66P6/c1-2-4-6-8-10-12-14-34-48-56(50-37-23-16-24-38-50)58(52-41-27-18-28-42-52)60(54-45-31-20-32-46-54)59(53-43-29-19-30-44-53)57(51-39-25-17-26-40-51)55(49-35-21-15-22-36-49)47-33-13-11-9-7-5-3-1/h15-32,35-46H,1-14,33-34,47-48H2. The molecule has 0 saturated carbocycles. The Labute approximate surface area is 371 Å². The van der Waals surface area contributed by atoms with Gasteiger partial charge >= 0.3 is 0 Å². The summed E-state index contributed by atoms with van der Waals surface area (Å²) < 4.78 is 0. The molecule has 0 bridgehead atoms. The van der Waals surface area contributed by atoms with E-state index in [-0.39, 0.29) is 0 Å². The van der Waals surface area contributed by atoms with Gasteiger partial charge in [0.25, 0.3) is 0 Å². The molecule has 0 nitrogen and oxygen atoms in total. The van der Waals surface area contributed by atoms with Crippen LogP contribution >= 0.6 is 44.4 Å². The molecule has 6 aromatic carbocycles. The van der Waals surface area contributed by atoms with Gasteiger partial charge in [-0.25, -0.2) is 0 Å². The average Bonchev–Trinajstić information content (AvgIpc) is 3.32. The van der Waals surface area contributed by atoms with Gasteiger partial charge < -0.3 is 0 Å². The minimum atomic E-state index is -0.635. The van der Waals surface area contributed by atoms with E-state index in [9.17, 15) is 0 Å². The van der Waals surface area contributed by atoms with Crippen LogP contribution in [0.25, 0.3) is 0 Å².